The SMILES string of the molecule is [2H]c1c([2H])c([2H])c(-c2nc3ccccc3nc2-n2c3ccccc3c3c4ccccc4c4c(sc5ccc6ccccc6c54)c32)c([2H])c1[2H]. The molecule has 4 heteroatoms. The molecule has 204 valence electrons. The minimum atomic E-state index is -0.448. The summed E-state index contributed by atoms with van der Waals surface area (Å²) in [6.45, 7) is 0. The molecule has 3 nitrogen and oxygen atoms in total. The molecule has 44 heavy (non-hydrogen) atoms. The number of fused-ring (bicyclic) bond motifs is 13. The highest BCUT2D eigenvalue weighted by molar-refractivity contribution is 7.27. The van der Waals surface area contributed by atoms with Crippen LogP contribution in [0.5, 0.6) is 0 Å². The average Bonchev–Trinajstić information content (AvgIpc) is 3.70. The summed E-state index contributed by atoms with van der Waals surface area (Å²) in [5, 5.41) is 9.06. The fourth-order valence-corrected chi connectivity index (χ4v) is 8.12. The Morgan fingerprint density at radius 3 is 2.05 bits per heavy atom. The van der Waals surface area contributed by atoms with Gasteiger partial charge < -0.3 is 0 Å². The van der Waals surface area contributed by atoms with Gasteiger partial charge in [0.2, 0.25) is 0 Å². The molecule has 0 amide bonds. The van der Waals surface area contributed by atoms with E-state index in [0.29, 0.717) is 16.9 Å². The van der Waals surface area contributed by atoms with Crippen molar-refractivity contribution in [3.05, 3.63) is 139 Å². The quantitative estimate of drug-likeness (QED) is 0.203. The van der Waals surface area contributed by atoms with E-state index in [-0.39, 0.29) is 23.3 Å². The zero-order valence-corrected chi connectivity index (χ0v) is 24.0. The molecule has 0 fully saturated rings. The van der Waals surface area contributed by atoms with Crippen LogP contribution in [0.15, 0.2) is 139 Å². The van der Waals surface area contributed by atoms with Crippen molar-refractivity contribution in [2.24, 2.45) is 0 Å². The average molecular weight is 583 g/mol. The Kier molecular flexibility index (Phi) is 3.99. The van der Waals surface area contributed by atoms with E-state index in [1.54, 1.807) is 11.3 Å². The van der Waals surface area contributed by atoms with Gasteiger partial charge in [-0.15, -0.1) is 11.3 Å². The van der Waals surface area contributed by atoms with E-state index in [0.717, 1.165) is 42.7 Å². The molecule has 10 rings (SSSR count). The van der Waals surface area contributed by atoms with E-state index < -0.39 is 18.1 Å². The van der Waals surface area contributed by atoms with Crippen LogP contribution in [0.4, 0.5) is 0 Å². The molecular weight excluding hydrogens is 555 g/mol. The van der Waals surface area contributed by atoms with Crippen molar-refractivity contribution < 1.29 is 6.85 Å². The zero-order valence-electron chi connectivity index (χ0n) is 28.1. The van der Waals surface area contributed by atoms with Crippen LogP contribution >= 0.6 is 11.3 Å². The fourth-order valence-electron chi connectivity index (χ4n) is 6.84. The second-order valence-corrected chi connectivity index (χ2v) is 12.0. The molecule has 0 aliphatic heterocycles. The predicted molar refractivity (Wildman–Crippen MR) is 187 cm³/mol. The van der Waals surface area contributed by atoms with Gasteiger partial charge in [0, 0.05) is 31.8 Å². The Hall–Kier alpha value is -5.58. The van der Waals surface area contributed by atoms with Crippen molar-refractivity contribution in [3.63, 3.8) is 0 Å². The summed E-state index contributed by atoms with van der Waals surface area (Å²) in [5.74, 6) is 0.405. The Bertz CT molecular complexity index is 3040. The van der Waals surface area contributed by atoms with Gasteiger partial charge in [-0.25, -0.2) is 9.97 Å². The van der Waals surface area contributed by atoms with Gasteiger partial charge in [0.25, 0.3) is 0 Å². The topological polar surface area (TPSA) is 30.7 Å². The van der Waals surface area contributed by atoms with Gasteiger partial charge in [-0.2, -0.15) is 0 Å². The molecule has 0 saturated heterocycles. The van der Waals surface area contributed by atoms with Crippen molar-refractivity contribution in [1.82, 2.24) is 14.5 Å². The highest BCUT2D eigenvalue weighted by Crippen LogP contribution is 2.49. The van der Waals surface area contributed by atoms with Crippen molar-refractivity contribution >= 4 is 85.9 Å². The molecule has 0 radical (unpaired) electrons. The van der Waals surface area contributed by atoms with E-state index in [2.05, 4.69) is 77.4 Å². The maximum absolute atomic E-state index is 8.97. The van der Waals surface area contributed by atoms with E-state index in [1.165, 1.54) is 20.9 Å². The highest BCUT2D eigenvalue weighted by Gasteiger charge is 2.25. The number of nitrogens with zero attached hydrogens (tertiary/aromatic N) is 3. The summed E-state index contributed by atoms with van der Waals surface area (Å²) >= 11 is 1.74. The van der Waals surface area contributed by atoms with Gasteiger partial charge in [-0.05, 0) is 45.8 Å². The third-order valence-corrected chi connectivity index (χ3v) is 9.80. The third-order valence-electron chi connectivity index (χ3n) is 8.64. The predicted octanol–water partition coefficient (Wildman–Crippen LogP) is 11.1. The smallest absolute Gasteiger partial charge is 0.165 e. The van der Waals surface area contributed by atoms with Crippen LogP contribution in [0.1, 0.15) is 6.85 Å². The van der Waals surface area contributed by atoms with Crippen LogP contribution in [0.25, 0.3) is 91.6 Å². The number of aromatic nitrogens is 3. The van der Waals surface area contributed by atoms with Gasteiger partial charge in [0.05, 0.1) is 33.6 Å². The lowest BCUT2D eigenvalue weighted by atomic mass is 9.96. The second kappa shape index (κ2) is 8.96. The molecule has 0 unspecified atom stereocenters. The number of hydrogen-bond acceptors (Lipinski definition) is 3. The minimum Gasteiger partial charge on any atom is -0.290 e. The lowest BCUT2D eigenvalue weighted by molar-refractivity contribution is 1.08. The fraction of sp³-hybridized carbons (Fsp3) is 0. The molecule has 0 atom stereocenters. The summed E-state index contributed by atoms with van der Waals surface area (Å²) in [5.41, 5.74) is 3.28. The monoisotopic (exact) mass is 582 g/mol. The van der Waals surface area contributed by atoms with Gasteiger partial charge in [-0.1, -0.05) is 115 Å². The summed E-state index contributed by atoms with van der Waals surface area (Å²) in [4.78, 5) is 10.2. The normalized spacial score (nSPS) is 13.7. The second-order valence-electron chi connectivity index (χ2n) is 11.0. The first kappa shape index (κ1) is 19.6. The zero-order chi connectivity index (χ0) is 33.1. The Morgan fingerprint density at radius 1 is 0.568 bits per heavy atom. The molecular formula is C40H23N3S. The number of rotatable bonds is 2. The van der Waals surface area contributed by atoms with Gasteiger partial charge >= 0.3 is 0 Å². The van der Waals surface area contributed by atoms with Crippen LogP contribution in [0.2, 0.25) is 0 Å². The molecule has 0 saturated carbocycles. The van der Waals surface area contributed by atoms with Crippen molar-refractivity contribution in [2.45, 2.75) is 0 Å². The molecule has 3 heterocycles. The molecule has 0 N–H and O–H groups in total. The molecule has 0 spiro atoms. The van der Waals surface area contributed by atoms with Crippen LogP contribution < -0.4 is 0 Å². The first-order chi connectivity index (χ1) is 23.9. The van der Waals surface area contributed by atoms with Crippen molar-refractivity contribution in [3.8, 4) is 17.1 Å². The van der Waals surface area contributed by atoms with Crippen molar-refractivity contribution in [1.29, 1.82) is 0 Å². The standard InChI is InChI=1S/C40H23N3S/c1-2-13-25(14-3-1)37-40(42-31-20-10-9-19-30(31)41-37)43-32-21-11-8-18-29(32)34-27-16-6-7-17-28(27)36-35-26-15-5-4-12-24(26)22-23-33(35)44-39(36)38(34)43/h1-23H/i1D,2D,3D,13D,14D. The lowest BCUT2D eigenvalue weighted by Crippen LogP contribution is -2.03. The summed E-state index contributed by atoms with van der Waals surface area (Å²) < 4.78 is 47.6. The lowest BCUT2D eigenvalue weighted by Gasteiger charge is -2.14. The number of para-hydroxylation sites is 3. The molecule has 0 aliphatic carbocycles. The number of benzene rings is 7. The maximum Gasteiger partial charge on any atom is 0.165 e. The first-order valence-electron chi connectivity index (χ1n) is 16.9. The third kappa shape index (κ3) is 3.20. The summed E-state index contributed by atoms with van der Waals surface area (Å²) in [6.07, 6.45) is 0. The van der Waals surface area contributed by atoms with E-state index in [1.807, 2.05) is 36.4 Å². The van der Waals surface area contributed by atoms with E-state index >= 15 is 0 Å². The number of hydrogen-bond donors (Lipinski definition) is 0. The van der Waals surface area contributed by atoms with Crippen LogP contribution in [0.3, 0.4) is 0 Å². The minimum absolute atomic E-state index is 0.0181. The van der Waals surface area contributed by atoms with Gasteiger partial charge in [0.1, 0.15) is 5.69 Å². The largest absolute Gasteiger partial charge is 0.290 e. The molecule has 10 aromatic rings. The molecule has 7 aromatic carbocycles. The molecule has 0 aliphatic rings. The first-order valence-corrected chi connectivity index (χ1v) is 15.3. The summed E-state index contributed by atoms with van der Waals surface area (Å²) in [7, 11) is 0. The molecule has 3 aromatic heterocycles. The van der Waals surface area contributed by atoms with Crippen LogP contribution in [-0.4, -0.2) is 14.5 Å². The van der Waals surface area contributed by atoms with Gasteiger partial charge in [-0.3, -0.25) is 4.57 Å². The Labute approximate surface area is 263 Å². The van der Waals surface area contributed by atoms with Crippen LogP contribution in [-0.2, 0) is 0 Å². The van der Waals surface area contributed by atoms with Gasteiger partial charge in [0.15, 0.2) is 5.82 Å². The summed E-state index contributed by atoms with van der Waals surface area (Å²) in [6, 6.07) is 35.2. The maximum atomic E-state index is 8.97. The Balaban J connectivity index is 1.49. The van der Waals surface area contributed by atoms with Crippen LogP contribution in [0, 0.1) is 0 Å². The van der Waals surface area contributed by atoms with E-state index in [4.69, 9.17) is 16.8 Å². The Morgan fingerprint density at radius 2 is 1.23 bits per heavy atom. The molecule has 0 bridgehead atoms. The number of thiophene rings is 1. The highest BCUT2D eigenvalue weighted by atomic mass is 32.1. The van der Waals surface area contributed by atoms with Crippen molar-refractivity contribution in [2.75, 3.05) is 0 Å². The van der Waals surface area contributed by atoms with E-state index in [9.17, 15) is 0 Å².